The number of aliphatic hydroxyl groups excluding tert-OH is 1. The van der Waals surface area contributed by atoms with E-state index in [-0.39, 0.29) is 23.9 Å². The van der Waals surface area contributed by atoms with Crippen LogP contribution in [0.25, 0.3) is 0 Å². The van der Waals surface area contributed by atoms with E-state index in [0.717, 1.165) is 0 Å². The van der Waals surface area contributed by atoms with Crippen molar-refractivity contribution in [2.75, 3.05) is 0 Å². The van der Waals surface area contributed by atoms with Gasteiger partial charge < -0.3 is 19.6 Å². The Morgan fingerprint density at radius 3 is 2.48 bits per heavy atom. The second-order valence-corrected chi connectivity index (χ2v) is 8.65. The summed E-state index contributed by atoms with van der Waals surface area (Å²) in [6.45, 7) is 7.45. The van der Waals surface area contributed by atoms with E-state index in [0.29, 0.717) is 12.8 Å². The van der Waals surface area contributed by atoms with Gasteiger partial charge in [0.2, 0.25) is 0 Å². The predicted molar refractivity (Wildman–Crippen MR) is 112 cm³/mol. The third kappa shape index (κ3) is 9.70. The van der Waals surface area contributed by atoms with E-state index in [2.05, 4.69) is 0 Å². The SMILES string of the molecule is C/C=C/C=C\C=C/[C@H](O)[C@@H](C)[C@H](CC[C@H](C)[C@@H]1OC(=O)C=C[C@@H]1C)OP(=O)(O)O. The van der Waals surface area contributed by atoms with Gasteiger partial charge in [0.25, 0.3) is 0 Å². The molecule has 0 saturated heterocycles. The molecule has 7 nitrogen and oxygen atoms in total. The average Bonchev–Trinajstić information content (AvgIpc) is 2.64. The molecule has 0 fully saturated rings. The molecule has 1 heterocycles. The molecule has 0 spiro atoms. The normalized spacial score (nSPS) is 24.9. The fourth-order valence-electron chi connectivity index (χ4n) is 3.25. The molecule has 0 aromatic rings. The zero-order valence-corrected chi connectivity index (χ0v) is 18.3. The molecule has 1 aliphatic heterocycles. The lowest BCUT2D eigenvalue weighted by molar-refractivity contribution is -0.149. The van der Waals surface area contributed by atoms with Gasteiger partial charge in [-0.25, -0.2) is 9.36 Å². The van der Waals surface area contributed by atoms with Gasteiger partial charge in [-0.3, -0.25) is 4.52 Å². The molecule has 0 unspecified atom stereocenters. The molecule has 1 rings (SSSR count). The zero-order valence-electron chi connectivity index (χ0n) is 17.4. The van der Waals surface area contributed by atoms with Gasteiger partial charge in [0.15, 0.2) is 0 Å². The van der Waals surface area contributed by atoms with Crippen LogP contribution in [0.2, 0.25) is 0 Å². The van der Waals surface area contributed by atoms with E-state index in [1.165, 1.54) is 6.08 Å². The van der Waals surface area contributed by atoms with Gasteiger partial charge in [-0.2, -0.15) is 0 Å². The van der Waals surface area contributed by atoms with E-state index in [1.54, 1.807) is 37.3 Å². The van der Waals surface area contributed by atoms with Crippen LogP contribution < -0.4 is 0 Å². The molecule has 0 aromatic heterocycles. The standard InChI is InChI=1S/C21H33O7P/c1-5-6-7-8-9-10-18(22)17(4)19(28-29(24,25)26)13-11-15(2)21-16(3)12-14-20(23)27-21/h5-10,12,14-19,21-22H,11,13H2,1-4H3,(H2,24,25,26)/b6-5+,8-7-,10-9-/t15-,16-,17+,18-,19-,21-/m0/s1. The van der Waals surface area contributed by atoms with Gasteiger partial charge >= 0.3 is 13.8 Å². The molecule has 1 aliphatic rings. The molecule has 0 radical (unpaired) electrons. The first kappa shape index (κ1) is 25.5. The summed E-state index contributed by atoms with van der Waals surface area (Å²) in [7, 11) is -4.73. The molecule has 0 amide bonds. The van der Waals surface area contributed by atoms with E-state index < -0.39 is 25.9 Å². The summed E-state index contributed by atoms with van der Waals surface area (Å²) >= 11 is 0. The van der Waals surface area contributed by atoms with Gasteiger partial charge in [0.1, 0.15) is 6.10 Å². The summed E-state index contributed by atoms with van der Waals surface area (Å²) in [5.41, 5.74) is 0. The van der Waals surface area contributed by atoms with Gasteiger partial charge in [0.05, 0.1) is 12.2 Å². The molecule has 6 atom stereocenters. The summed E-state index contributed by atoms with van der Waals surface area (Å²) in [5.74, 6) is -0.917. The first-order valence-corrected chi connectivity index (χ1v) is 11.3. The Morgan fingerprint density at radius 2 is 1.86 bits per heavy atom. The van der Waals surface area contributed by atoms with E-state index in [4.69, 9.17) is 9.26 Å². The van der Waals surface area contributed by atoms with Crippen molar-refractivity contribution in [3.8, 4) is 0 Å². The minimum atomic E-state index is -4.73. The number of ether oxygens (including phenoxy) is 1. The maximum absolute atomic E-state index is 11.5. The molecule has 3 N–H and O–H groups in total. The molecule has 0 saturated carbocycles. The number of carbonyl (C=O) groups excluding carboxylic acids is 1. The quantitative estimate of drug-likeness (QED) is 0.261. The van der Waals surface area contributed by atoms with Crippen molar-refractivity contribution in [3.05, 3.63) is 48.6 Å². The highest BCUT2D eigenvalue weighted by Crippen LogP contribution is 2.41. The Hall–Kier alpha value is -1.50. The van der Waals surface area contributed by atoms with Crippen LogP contribution in [0, 0.1) is 17.8 Å². The fourth-order valence-corrected chi connectivity index (χ4v) is 3.90. The Kier molecular flexibility index (Phi) is 10.8. The maximum atomic E-state index is 11.5. The largest absolute Gasteiger partial charge is 0.469 e. The lowest BCUT2D eigenvalue weighted by Gasteiger charge is -2.32. The second kappa shape index (κ2) is 12.3. The van der Waals surface area contributed by atoms with Gasteiger partial charge in [-0.05, 0) is 25.7 Å². The third-order valence-electron chi connectivity index (χ3n) is 5.01. The number of esters is 1. The van der Waals surface area contributed by atoms with Crippen molar-refractivity contribution in [2.24, 2.45) is 17.8 Å². The van der Waals surface area contributed by atoms with Crippen molar-refractivity contribution in [3.63, 3.8) is 0 Å². The van der Waals surface area contributed by atoms with Crippen molar-refractivity contribution in [1.82, 2.24) is 0 Å². The number of phosphoric acid groups is 1. The van der Waals surface area contributed by atoms with Crippen molar-refractivity contribution in [1.29, 1.82) is 0 Å². The van der Waals surface area contributed by atoms with Crippen LogP contribution in [-0.4, -0.2) is 39.2 Å². The van der Waals surface area contributed by atoms with Crippen LogP contribution in [-0.2, 0) is 18.6 Å². The minimum Gasteiger partial charge on any atom is -0.458 e. The predicted octanol–water partition coefficient (Wildman–Crippen LogP) is 3.68. The third-order valence-corrected chi connectivity index (χ3v) is 5.55. The van der Waals surface area contributed by atoms with Crippen LogP contribution in [0.1, 0.15) is 40.5 Å². The highest BCUT2D eigenvalue weighted by Gasteiger charge is 2.33. The second-order valence-electron chi connectivity index (χ2n) is 7.45. The van der Waals surface area contributed by atoms with Crippen LogP contribution >= 0.6 is 7.82 Å². The van der Waals surface area contributed by atoms with Crippen LogP contribution in [0.3, 0.4) is 0 Å². The highest BCUT2D eigenvalue weighted by molar-refractivity contribution is 7.46. The zero-order chi connectivity index (χ0) is 22.0. The van der Waals surface area contributed by atoms with Crippen molar-refractivity contribution >= 4 is 13.8 Å². The van der Waals surface area contributed by atoms with Gasteiger partial charge in [-0.1, -0.05) is 63.3 Å². The Morgan fingerprint density at radius 1 is 1.21 bits per heavy atom. The number of hydrogen-bond acceptors (Lipinski definition) is 5. The lowest BCUT2D eigenvalue weighted by Crippen LogP contribution is -2.35. The Bertz CT molecular complexity index is 677. The number of phosphoric ester groups is 1. The topological polar surface area (TPSA) is 113 Å². The molecular formula is C21H33O7P. The summed E-state index contributed by atoms with van der Waals surface area (Å²) in [5, 5.41) is 10.4. The first-order valence-electron chi connectivity index (χ1n) is 9.82. The fraction of sp³-hybridized carbons (Fsp3) is 0.571. The molecular weight excluding hydrogens is 395 g/mol. The van der Waals surface area contributed by atoms with Crippen molar-refractivity contribution < 1.29 is 33.5 Å². The Balaban J connectivity index is 2.77. The number of rotatable bonds is 11. The number of allylic oxidation sites excluding steroid dienone is 5. The summed E-state index contributed by atoms with van der Waals surface area (Å²) in [6, 6.07) is 0. The molecule has 0 aromatic carbocycles. The minimum absolute atomic E-state index is 0.0366. The monoisotopic (exact) mass is 428 g/mol. The number of cyclic esters (lactones) is 1. The van der Waals surface area contributed by atoms with E-state index in [9.17, 15) is 24.3 Å². The number of hydrogen-bond donors (Lipinski definition) is 3. The molecule has 8 heteroatoms. The maximum Gasteiger partial charge on any atom is 0.469 e. The summed E-state index contributed by atoms with van der Waals surface area (Å²) in [6.07, 6.45) is 12.4. The lowest BCUT2D eigenvalue weighted by atomic mass is 9.85. The van der Waals surface area contributed by atoms with Crippen molar-refractivity contribution in [2.45, 2.75) is 58.8 Å². The Labute approximate surface area is 173 Å². The number of aliphatic hydroxyl groups is 1. The van der Waals surface area contributed by atoms with Gasteiger partial charge in [0, 0.05) is 17.9 Å². The summed E-state index contributed by atoms with van der Waals surface area (Å²) in [4.78, 5) is 30.1. The van der Waals surface area contributed by atoms with E-state index >= 15 is 0 Å². The molecule has 0 bridgehead atoms. The van der Waals surface area contributed by atoms with Gasteiger partial charge in [-0.15, -0.1) is 0 Å². The number of carbonyl (C=O) groups is 1. The molecule has 164 valence electrons. The smallest absolute Gasteiger partial charge is 0.458 e. The summed E-state index contributed by atoms with van der Waals surface area (Å²) < 4.78 is 21.8. The van der Waals surface area contributed by atoms with Crippen LogP contribution in [0.5, 0.6) is 0 Å². The molecule has 0 aliphatic carbocycles. The average molecular weight is 428 g/mol. The van der Waals surface area contributed by atoms with Crippen LogP contribution in [0.4, 0.5) is 0 Å². The highest BCUT2D eigenvalue weighted by atomic mass is 31.2. The first-order chi connectivity index (χ1) is 13.5. The molecule has 29 heavy (non-hydrogen) atoms. The van der Waals surface area contributed by atoms with Crippen LogP contribution in [0.15, 0.2) is 48.6 Å². The van der Waals surface area contributed by atoms with E-state index in [1.807, 2.05) is 32.9 Å².